The van der Waals surface area contributed by atoms with E-state index in [2.05, 4.69) is 11.9 Å². The summed E-state index contributed by atoms with van der Waals surface area (Å²) in [6, 6.07) is 6.04. The number of oxazole rings is 1. The van der Waals surface area contributed by atoms with E-state index in [4.69, 9.17) is 10.2 Å². The van der Waals surface area contributed by atoms with Gasteiger partial charge in [-0.15, -0.1) is 0 Å². The maximum Gasteiger partial charge on any atom is 0.198 e. The Bertz CT molecular complexity index is 476. The molecule has 0 aliphatic rings. The molecule has 0 saturated carbocycles. The highest BCUT2D eigenvalue weighted by Gasteiger charge is 2.13. The predicted octanol–water partition coefficient (Wildman–Crippen LogP) is 2.98. The van der Waals surface area contributed by atoms with Crippen molar-refractivity contribution in [1.29, 1.82) is 0 Å². The minimum atomic E-state index is 0.343. The molecule has 0 amide bonds. The van der Waals surface area contributed by atoms with Crippen molar-refractivity contribution in [2.75, 3.05) is 6.54 Å². The topological polar surface area (TPSA) is 52.0 Å². The summed E-state index contributed by atoms with van der Waals surface area (Å²) in [6.07, 6.45) is 2.04. The van der Waals surface area contributed by atoms with E-state index in [0.717, 1.165) is 41.9 Å². The summed E-state index contributed by atoms with van der Waals surface area (Å²) in [6.45, 7) is 4.90. The molecule has 1 atom stereocenters. The summed E-state index contributed by atoms with van der Waals surface area (Å²) in [5, 5.41) is 0. The second-order valence-electron chi connectivity index (χ2n) is 4.31. The Morgan fingerprint density at radius 1 is 1.44 bits per heavy atom. The molecule has 1 heterocycles. The van der Waals surface area contributed by atoms with E-state index in [9.17, 15) is 0 Å². The highest BCUT2D eigenvalue weighted by Crippen LogP contribution is 2.26. The third kappa shape index (κ3) is 2.09. The van der Waals surface area contributed by atoms with Crippen LogP contribution in [-0.2, 0) is 0 Å². The van der Waals surface area contributed by atoms with E-state index in [1.54, 1.807) is 0 Å². The van der Waals surface area contributed by atoms with Crippen LogP contribution in [0.1, 0.15) is 37.1 Å². The molecule has 0 fully saturated rings. The molecule has 1 unspecified atom stereocenters. The van der Waals surface area contributed by atoms with Gasteiger partial charge in [-0.2, -0.15) is 0 Å². The number of fused-ring (bicyclic) bond motifs is 1. The molecule has 0 spiro atoms. The van der Waals surface area contributed by atoms with Crippen LogP contribution in [-0.4, -0.2) is 11.5 Å². The van der Waals surface area contributed by atoms with Crippen molar-refractivity contribution in [3.05, 3.63) is 29.7 Å². The molecule has 1 aromatic heterocycles. The second-order valence-corrected chi connectivity index (χ2v) is 4.31. The standard InChI is InChI=1S/C13H18N2O/c1-9-5-3-7-11-12(9)16-13(15-11)10(2)6-4-8-14/h3,5,7,10H,4,6,8,14H2,1-2H3. The minimum absolute atomic E-state index is 0.343. The first-order chi connectivity index (χ1) is 7.72. The van der Waals surface area contributed by atoms with Gasteiger partial charge < -0.3 is 10.2 Å². The summed E-state index contributed by atoms with van der Waals surface area (Å²) in [5.41, 5.74) is 8.51. The van der Waals surface area contributed by atoms with Crippen LogP contribution in [0.25, 0.3) is 11.1 Å². The molecular formula is C13H18N2O. The molecule has 0 bridgehead atoms. The number of aryl methyl sites for hydroxylation is 1. The molecular weight excluding hydrogens is 200 g/mol. The lowest BCUT2D eigenvalue weighted by Crippen LogP contribution is -2.02. The molecule has 0 radical (unpaired) electrons. The fourth-order valence-electron chi connectivity index (χ4n) is 1.86. The third-order valence-corrected chi connectivity index (χ3v) is 2.89. The molecule has 0 aliphatic heterocycles. The van der Waals surface area contributed by atoms with Gasteiger partial charge in [-0.1, -0.05) is 19.1 Å². The molecule has 1 aromatic carbocycles. The fraction of sp³-hybridized carbons (Fsp3) is 0.462. The molecule has 2 aromatic rings. The van der Waals surface area contributed by atoms with Crippen molar-refractivity contribution >= 4 is 11.1 Å². The molecule has 16 heavy (non-hydrogen) atoms. The average Bonchev–Trinajstić information content (AvgIpc) is 2.71. The van der Waals surface area contributed by atoms with Crippen molar-refractivity contribution < 1.29 is 4.42 Å². The predicted molar refractivity (Wildman–Crippen MR) is 65.4 cm³/mol. The van der Waals surface area contributed by atoms with Crippen LogP contribution in [0, 0.1) is 6.92 Å². The van der Waals surface area contributed by atoms with E-state index in [0.29, 0.717) is 5.92 Å². The monoisotopic (exact) mass is 218 g/mol. The van der Waals surface area contributed by atoms with Gasteiger partial charge in [0.15, 0.2) is 11.5 Å². The molecule has 0 saturated heterocycles. The fourth-order valence-corrected chi connectivity index (χ4v) is 1.86. The SMILES string of the molecule is Cc1cccc2nc(C(C)CCCN)oc12. The summed E-state index contributed by atoms with van der Waals surface area (Å²) >= 11 is 0. The van der Waals surface area contributed by atoms with E-state index in [1.807, 2.05) is 25.1 Å². The van der Waals surface area contributed by atoms with Gasteiger partial charge in [0.2, 0.25) is 0 Å². The van der Waals surface area contributed by atoms with Crippen molar-refractivity contribution in [3.63, 3.8) is 0 Å². The Labute approximate surface area is 95.7 Å². The Morgan fingerprint density at radius 3 is 2.94 bits per heavy atom. The van der Waals surface area contributed by atoms with Gasteiger partial charge in [-0.25, -0.2) is 4.98 Å². The number of rotatable bonds is 4. The number of aromatic nitrogens is 1. The second kappa shape index (κ2) is 4.66. The zero-order valence-corrected chi connectivity index (χ0v) is 9.86. The third-order valence-electron chi connectivity index (χ3n) is 2.89. The number of hydrogen-bond donors (Lipinski definition) is 1. The smallest absolute Gasteiger partial charge is 0.198 e. The van der Waals surface area contributed by atoms with Crippen LogP contribution in [0.3, 0.4) is 0 Å². The number of benzene rings is 1. The highest BCUT2D eigenvalue weighted by atomic mass is 16.3. The first-order valence-electron chi connectivity index (χ1n) is 5.78. The van der Waals surface area contributed by atoms with Crippen LogP contribution in [0.4, 0.5) is 0 Å². The highest BCUT2D eigenvalue weighted by molar-refractivity contribution is 5.76. The Hall–Kier alpha value is -1.35. The van der Waals surface area contributed by atoms with E-state index >= 15 is 0 Å². The largest absolute Gasteiger partial charge is 0.440 e. The molecule has 2 N–H and O–H groups in total. The van der Waals surface area contributed by atoms with Gasteiger partial charge in [0.25, 0.3) is 0 Å². The van der Waals surface area contributed by atoms with Gasteiger partial charge in [-0.05, 0) is 37.9 Å². The van der Waals surface area contributed by atoms with Crippen molar-refractivity contribution in [3.8, 4) is 0 Å². The Balaban J connectivity index is 2.29. The summed E-state index contributed by atoms with van der Waals surface area (Å²) < 4.78 is 5.81. The maximum absolute atomic E-state index is 5.81. The van der Waals surface area contributed by atoms with Crippen molar-refractivity contribution in [2.24, 2.45) is 5.73 Å². The number of nitrogens with zero attached hydrogens (tertiary/aromatic N) is 1. The summed E-state index contributed by atoms with van der Waals surface area (Å²) in [4.78, 5) is 4.52. The zero-order valence-electron chi connectivity index (χ0n) is 9.86. The lowest BCUT2D eigenvalue weighted by molar-refractivity contribution is 0.463. The Morgan fingerprint density at radius 2 is 2.25 bits per heavy atom. The normalized spacial score (nSPS) is 13.2. The molecule has 2 rings (SSSR count). The first-order valence-corrected chi connectivity index (χ1v) is 5.78. The molecule has 3 heteroatoms. The van der Waals surface area contributed by atoms with E-state index in [1.165, 1.54) is 0 Å². The maximum atomic E-state index is 5.81. The lowest BCUT2D eigenvalue weighted by Gasteiger charge is -2.04. The van der Waals surface area contributed by atoms with Gasteiger partial charge in [0, 0.05) is 5.92 Å². The van der Waals surface area contributed by atoms with Crippen molar-refractivity contribution in [1.82, 2.24) is 4.98 Å². The summed E-state index contributed by atoms with van der Waals surface area (Å²) in [7, 11) is 0. The molecule has 86 valence electrons. The van der Waals surface area contributed by atoms with Crippen LogP contribution in [0.5, 0.6) is 0 Å². The van der Waals surface area contributed by atoms with Crippen molar-refractivity contribution in [2.45, 2.75) is 32.6 Å². The Kier molecular flexibility index (Phi) is 3.25. The van der Waals surface area contributed by atoms with E-state index in [-0.39, 0.29) is 0 Å². The lowest BCUT2D eigenvalue weighted by atomic mass is 10.1. The number of para-hydroxylation sites is 1. The summed E-state index contributed by atoms with van der Waals surface area (Å²) in [5.74, 6) is 1.17. The zero-order chi connectivity index (χ0) is 11.5. The van der Waals surface area contributed by atoms with Crippen LogP contribution in [0.15, 0.2) is 22.6 Å². The van der Waals surface area contributed by atoms with E-state index < -0.39 is 0 Å². The number of hydrogen-bond acceptors (Lipinski definition) is 3. The quantitative estimate of drug-likeness (QED) is 0.858. The minimum Gasteiger partial charge on any atom is -0.440 e. The van der Waals surface area contributed by atoms with Gasteiger partial charge in [-0.3, -0.25) is 0 Å². The molecule has 3 nitrogen and oxygen atoms in total. The van der Waals surface area contributed by atoms with Crippen LogP contribution >= 0.6 is 0 Å². The van der Waals surface area contributed by atoms with Gasteiger partial charge >= 0.3 is 0 Å². The van der Waals surface area contributed by atoms with Gasteiger partial charge in [0.05, 0.1) is 0 Å². The van der Waals surface area contributed by atoms with Crippen LogP contribution < -0.4 is 5.73 Å². The van der Waals surface area contributed by atoms with Gasteiger partial charge in [0.1, 0.15) is 5.52 Å². The average molecular weight is 218 g/mol. The number of nitrogens with two attached hydrogens (primary N) is 1. The molecule has 0 aliphatic carbocycles. The first kappa shape index (κ1) is 11.1. The van der Waals surface area contributed by atoms with Crippen LogP contribution in [0.2, 0.25) is 0 Å².